The number of pyridine rings is 1. The van der Waals surface area contributed by atoms with Gasteiger partial charge in [-0.1, -0.05) is 30.0 Å². The van der Waals surface area contributed by atoms with Crippen LogP contribution >= 0.6 is 23.1 Å². The molecule has 37 heavy (non-hydrogen) atoms. The molecule has 5 rings (SSSR count). The third kappa shape index (κ3) is 6.28. The summed E-state index contributed by atoms with van der Waals surface area (Å²) >= 11 is 3.07. The van der Waals surface area contributed by atoms with E-state index in [4.69, 9.17) is 15.0 Å². The number of ether oxygens (including phenoxy) is 1. The van der Waals surface area contributed by atoms with Gasteiger partial charge in [0.15, 0.2) is 16.7 Å². The van der Waals surface area contributed by atoms with Crippen molar-refractivity contribution in [3.05, 3.63) is 83.5 Å². The molecule has 1 atom stereocenters. The minimum atomic E-state index is 0.115. The van der Waals surface area contributed by atoms with E-state index in [9.17, 15) is 4.79 Å². The van der Waals surface area contributed by atoms with Crippen LogP contribution in [0, 0.1) is 11.3 Å². The van der Waals surface area contributed by atoms with Gasteiger partial charge in [-0.15, -0.1) is 11.3 Å². The molecule has 3 heterocycles. The molecule has 1 fully saturated rings. The monoisotopic (exact) mass is 527 g/mol. The molecular formula is C28H25N5O2S2. The smallest absolute Gasteiger partial charge is 0.219 e. The summed E-state index contributed by atoms with van der Waals surface area (Å²) in [5.74, 6) is 2.22. The molecule has 0 radical (unpaired) electrons. The number of carbonyl (C=O) groups is 1. The lowest BCUT2D eigenvalue weighted by Crippen LogP contribution is -2.37. The Kier molecular flexibility index (Phi) is 7.68. The van der Waals surface area contributed by atoms with Crippen LogP contribution in [0.15, 0.2) is 82.0 Å². The Morgan fingerprint density at radius 2 is 2.00 bits per heavy atom. The van der Waals surface area contributed by atoms with Crippen molar-refractivity contribution in [2.45, 2.75) is 35.5 Å². The van der Waals surface area contributed by atoms with Crippen LogP contribution in [0.4, 0.5) is 10.9 Å². The molecule has 0 saturated carbocycles. The Morgan fingerprint density at radius 1 is 1.19 bits per heavy atom. The zero-order valence-electron chi connectivity index (χ0n) is 20.3. The first-order valence-electron chi connectivity index (χ1n) is 12.0. The molecule has 4 aromatic rings. The van der Waals surface area contributed by atoms with Crippen LogP contribution < -0.4 is 10.1 Å². The number of likely N-dealkylation sites (tertiary alicyclic amines) is 1. The van der Waals surface area contributed by atoms with Crippen LogP contribution in [0.5, 0.6) is 11.5 Å². The maximum absolute atomic E-state index is 11.8. The molecule has 2 aromatic heterocycles. The number of benzene rings is 2. The molecule has 1 aliphatic heterocycles. The zero-order valence-corrected chi connectivity index (χ0v) is 21.9. The first-order valence-corrected chi connectivity index (χ1v) is 13.7. The predicted octanol–water partition coefficient (Wildman–Crippen LogP) is 6.82. The number of nitriles is 1. The van der Waals surface area contributed by atoms with E-state index in [-0.39, 0.29) is 11.8 Å². The lowest BCUT2D eigenvalue weighted by molar-refractivity contribution is -0.130. The van der Waals surface area contributed by atoms with Gasteiger partial charge in [-0.3, -0.25) is 4.79 Å². The van der Waals surface area contributed by atoms with Crippen LogP contribution in [-0.4, -0.2) is 33.9 Å². The molecule has 0 spiro atoms. The second-order valence-corrected chi connectivity index (χ2v) is 10.7. The Hall–Kier alpha value is -3.87. The Bertz CT molecular complexity index is 1420. The van der Waals surface area contributed by atoms with Crippen LogP contribution in [0.3, 0.4) is 0 Å². The van der Waals surface area contributed by atoms with Gasteiger partial charge in [0.1, 0.15) is 5.75 Å². The summed E-state index contributed by atoms with van der Waals surface area (Å²) in [7, 11) is 0. The third-order valence-electron chi connectivity index (χ3n) is 6.05. The van der Waals surface area contributed by atoms with Crippen LogP contribution in [0.25, 0.3) is 0 Å². The predicted molar refractivity (Wildman–Crippen MR) is 146 cm³/mol. The van der Waals surface area contributed by atoms with E-state index < -0.39 is 0 Å². The summed E-state index contributed by atoms with van der Waals surface area (Å²) in [6.07, 6.45) is 3.80. The lowest BCUT2D eigenvalue weighted by atomic mass is 9.95. The van der Waals surface area contributed by atoms with Crippen molar-refractivity contribution in [3.8, 4) is 17.6 Å². The number of hydrogen-bond acceptors (Lipinski definition) is 8. The van der Waals surface area contributed by atoms with Crippen molar-refractivity contribution in [1.82, 2.24) is 14.9 Å². The highest BCUT2D eigenvalue weighted by Crippen LogP contribution is 2.37. The van der Waals surface area contributed by atoms with Gasteiger partial charge in [-0.2, -0.15) is 5.26 Å². The minimum absolute atomic E-state index is 0.115. The number of nitrogens with zero attached hydrogens (tertiary/aromatic N) is 4. The molecule has 1 amide bonds. The van der Waals surface area contributed by atoms with Crippen molar-refractivity contribution in [2.75, 3.05) is 18.4 Å². The fourth-order valence-corrected chi connectivity index (χ4v) is 5.75. The molecule has 1 unspecified atom stereocenters. The van der Waals surface area contributed by atoms with Gasteiger partial charge in [0.2, 0.25) is 5.91 Å². The summed E-state index contributed by atoms with van der Waals surface area (Å²) in [5.41, 5.74) is 1.62. The molecule has 1 saturated heterocycles. The maximum Gasteiger partial charge on any atom is 0.219 e. The molecule has 2 aromatic carbocycles. The van der Waals surface area contributed by atoms with Gasteiger partial charge in [0.05, 0.1) is 17.3 Å². The Labute approximate surface area is 224 Å². The van der Waals surface area contributed by atoms with E-state index in [1.807, 2.05) is 53.4 Å². The number of piperidine rings is 1. The fraction of sp³-hybridized carbons (Fsp3) is 0.214. The summed E-state index contributed by atoms with van der Waals surface area (Å²) in [4.78, 5) is 25.1. The fourth-order valence-electron chi connectivity index (χ4n) is 4.14. The third-order valence-corrected chi connectivity index (χ3v) is 7.79. The van der Waals surface area contributed by atoms with Crippen molar-refractivity contribution < 1.29 is 9.53 Å². The van der Waals surface area contributed by atoms with Crippen molar-refractivity contribution >= 4 is 40.0 Å². The number of nitrogens with one attached hydrogen (secondary N) is 1. The number of hydrogen-bond donors (Lipinski definition) is 1. The first-order chi connectivity index (χ1) is 18.1. The average Bonchev–Trinajstić information content (AvgIpc) is 3.40. The van der Waals surface area contributed by atoms with E-state index in [0.29, 0.717) is 29.4 Å². The quantitative estimate of drug-likeness (QED) is 0.282. The molecule has 1 aliphatic rings. The zero-order chi connectivity index (χ0) is 25.6. The lowest BCUT2D eigenvalue weighted by Gasteiger charge is -2.31. The summed E-state index contributed by atoms with van der Waals surface area (Å²) in [5, 5.41) is 15.2. The average molecular weight is 528 g/mol. The minimum Gasteiger partial charge on any atom is -0.453 e. The molecular weight excluding hydrogens is 502 g/mol. The maximum atomic E-state index is 11.8. The normalized spacial score (nSPS) is 15.1. The topological polar surface area (TPSA) is 91.1 Å². The number of amides is 1. The summed E-state index contributed by atoms with van der Waals surface area (Å²) in [6.45, 7) is 3.15. The highest BCUT2D eigenvalue weighted by atomic mass is 32.2. The largest absolute Gasteiger partial charge is 0.453 e. The number of carbonyl (C=O) groups excluding carboxylic acids is 1. The summed E-state index contributed by atoms with van der Waals surface area (Å²) < 4.78 is 6.21. The molecule has 7 nitrogen and oxygen atoms in total. The van der Waals surface area contributed by atoms with Crippen LogP contribution in [0.1, 0.15) is 36.9 Å². The number of para-hydroxylation sites is 1. The molecule has 0 bridgehead atoms. The Balaban J connectivity index is 1.37. The van der Waals surface area contributed by atoms with Crippen molar-refractivity contribution in [2.24, 2.45) is 0 Å². The summed E-state index contributed by atoms with van der Waals surface area (Å²) in [6, 6.07) is 21.1. The number of rotatable bonds is 7. The SMILES string of the molecule is CC(=O)N1CCCC(c2csc(Nc3ncc(Sc4ccc(C#N)cc4)cc3Oc3ccccc3)n2)C1. The van der Waals surface area contributed by atoms with Gasteiger partial charge in [0, 0.05) is 53.4 Å². The van der Waals surface area contributed by atoms with E-state index in [1.165, 1.54) is 11.3 Å². The highest BCUT2D eigenvalue weighted by molar-refractivity contribution is 7.99. The molecule has 9 heteroatoms. The van der Waals surface area contributed by atoms with Gasteiger partial charge < -0.3 is 15.0 Å². The second-order valence-electron chi connectivity index (χ2n) is 8.68. The van der Waals surface area contributed by atoms with Crippen molar-refractivity contribution in [1.29, 1.82) is 5.26 Å². The Morgan fingerprint density at radius 3 is 2.76 bits per heavy atom. The van der Waals surface area contributed by atoms with Crippen LogP contribution in [-0.2, 0) is 4.79 Å². The van der Waals surface area contributed by atoms with E-state index in [2.05, 4.69) is 21.8 Å². The second kappa shape index (κ2) is 11.5. The van der Waals surface area contributed by atoms with Gasteiger partial charge in [-0.25, -0.2) is 9.97 Å². The molecule has 0 aliphatic carbocycles. The first kappa shape index (κ1) is 24.8. The van der Waals surface area contributed by atoms with Gasteiger partial charge >= 0.3 is 0 Å². The number of aromatic nitrogens is 2. The molecule has 1 N–H and O–H groups in total. The van der Waals surface area contributed by atoms with Gasteiger partial charge in [0.25, 0.3) is 0 Å². The number of thiazole rings is 1. The van der Waals surface area contributed by atoms with Crippen LogP contribution in [0.2, 0.25) is 0 Å². The number of anilines is 2. The van der Waals surface area contributed by atoms with E-state index in [0.717, 1.165) is 40.0 Å². The highest BCUT2D eigenvalue weighted by Gasteiger charge is 2.25. The molecule has 186 valence electrons. The van der Waals surface area contributed by atoms with E-state index >= 15 is 0 Å². The van der Waals surface area contributed by atoms with Crippen molar-refractivity contribution in [3.63, 3.8) is 0 Å². The van der Waals surface area contributed by atoms with E-state index in [1.54, 1.807) is 37.0 Å². The van der Waals surface area contributed by atoms with Gasteiger partial charge in [-0.05, 0) is 49.2 Å². The standard InChI is InChI=1S/C28H25N5O2S2/c1-19(34)33-13-5-6-21(17-33)25-18-36-28(31-25)32-27-26(35-22-7-3-2-4-8-22)14-24(16-30-27)37-23-11-9-20(15-29)10-12-23/h2-4,7-12,14,16,18,21H,5-6,13,17H2,1H3,(H,30,31,32).